The zero-order valence-corrected chi connectivity index (χ0v) is 12.1. The van der Waals surface area contributed by atoms with Crippen LogP contribution in [-0.2, 0) is 0 Å². The van der Waals surface area contributed by atoms with Gasteiger partial charge in [-0.25, -0.2) is 9.97 Å². The van der Waals surface area contributed by atoms with Crippen molar-refractivity contribution >= 4 is 5.82 Å². The molecule has 5 nitrogen and oxygen atoms in total. The van der Waals surface area contributed by atoms with Gasteiger partial charge in [-0.05, 0) is 25.3 Å². The molecule has 5 heteroatoms. The fourth-order valence-corrected chi connectivity index (χ4v) is 2.58. The Balaban J connectivity index is 2.02. The van der Waals surface area contributed by atoms with Crippen molar-refractivity contribution in [1.82, 2.24) is 15.3 Å². The third kappa shape index (κ3) is 3.56. The summed E-state index contributed by atoms with van der Waals surface area (Å²) in [6.45, 7) is 8.22. The van der Waals surface area contributed by atoms with Crippen molar-refractivity contribution in [3.05, 3.63) is 12.4 Å². The second-order valence-corrected chi connectivity index (χ2v) is 5.58. The maximum absolute atomic E-state index is 5.56. The lowest BCUT2D eigenvalue weighted by molar-refractivity contribution is 0.304. The van der Waals surface area contributed by atoms with Gasteiger partial charge in [0.15, 0.2) is 0 Å². The lowest BCUT2D eigenvalue weighted by Gasteiger charge is -2.24. The highest BCUT2D eigenvalue weighted by molar-refractivity contribution is 5.42. The van der Waals surface area contributed by atoms with Crippen LogP contribution in [0.3, 0.4) is 0 Å². The lowest BCUT2D eigenvalue weighted by atomic mass is 9.90. The largest absolute Gasteiger partial charge is 0.478 e. The normalized spacial score (nSPS) is 22.8. The highest BCUT2D eigenvalue weighted by atomic mass is 16.5. The van der Waals surface area contributed by atoms with Crippen LogP contribution in [0.1, 0.15) is 26.7 Å². The van der Waals surface area contributed by atoms with Gasteiger partial charge in [0.25, 0.3) is 0 Å². The molecule has 0 aliphatic carbocycles. The van der Waals surface area contributed by atoms with Crippen molar-refractivity contribution < 1.29 is 4.74 Å². The van der Waals surface area contributed by atoms with Crippen LogP contribution in [0, 0.1) is 5.41 Å². The summed E-state index contributed by atoms with van der Waals surface area (Å²) in [5.74, 6) is 1.65. The van der Waals surface area contributed by atoms with Crippen molar-refractivity contribution in [3.63, 3.8) is 0 Å². The van der Waals surface area contributed by atoms with Crippen LogP contribution in [0.25, 0.3) is 0 Å². The van der Waals surface area contributed by atoms with E-state index in [4.69, 9.17) is 4.74 Å². The van der Waals surface area contributed by atoms with E-state index in [-0.39, 0.29) is 0 Å². The molecule has 19 heavy (non-hydrogen) atoms. The first-order valence-electron chi connectivity index (χ1n) is 7.01. The van der Waals surface area contributed by atoms with E-state index in [9.17, 15) is 0 Å². The molecular weight excluding hydrogens is 240 g/mol. The van der Waals surface area contributed by atoms with Gasteiger partial charge in [0.1, 0.15) is 12.1 Å². The predicted molar refractivity (Wildman–Crippen MR) is 76.7 cm³/mol. The number of nitrogens with one attached hydrogen (secondary N) is 1. The molecule has 0 radical (unpaired) electrons. The van der Waals surface area contributed by atoms with Crippen LogP contribution in [0.15, 0.2) is 12.4 Å². The van der Waals surface area contributed by atoms with Crippen molar-refractivity contribution in [1.29, 1.82) is 0 Å². The van der Waals surface area contributed by atoms with Crippen molar-refractivity contribution in [2.75, 3.05) is 38.2 Å². The van der Waals surface area contributed by atoms with Gasteiger partial charge in [0.05, 0.1) is 6.61 Å². The Kier molecular flexibility index (Phi) is 4.58. The maximum atomic E-state index is 5.56. The molecule has 106 valence electrons. The molecule has 1 N–H and O–H groups in total. The zero-order chi connectivity index (χ0) is 13.7. The Hall–Kier alpha value is -1.36. The Bertz CT molecular complexity index is 412. The zero-order valence-electron chi connectivity index (χ0n) is 12.1. The molecule has 1 unspecified atom stereocenters. The second kappa shape index (κ2) is 6.19. The van der Waals surface area contributed by atoms with E-state index in [2.05, 4.69) is 34.0 Å². The Morgan fingerprint density at radius 2 is 2.32 bits per heavy atom. The molecule has 2 heterocycles. The molecule has 0 amide bonds. The first kappa shape index (κ1) is 14.1. The summed E-state index contributed by atoms with van der Waals surface area (Å²) in [7, 11) is 2.01. The predicted octanol–water partition coefficient (Wildman–Crippen LogP) is 1.70. The van der Waals surface area contributed by atoms with Gasteiger partial charge >= 0.3 is 0 Å². The fourth-order valence-electron chi connectivity index (χ4n) is 2.58. The minimum absolute atomic E-state index is 0.324. The molecule has 0 bridgehead atoms. The van der Waals surface area contributed by atoms with E-state index >= 15 is 0 Å². The highest BCUT2D eigenvalue weighted by Crippen LogP contribution is 2.32. The van der Waals surface area contributed by atoms with Crippen LogP contribution in [0.5, 0.6) is 5.88 Å². The van der Waals surface area contributed by atoms with E-state index in [1.54, 1.807) is 6.33 Å². The number of hydrogen-bond donors (Lipinski definition) is 1. The average Bonchev–Trinajstić information content (AvgIpc) is 2.80. The van der Waals surface area contributed by atoms with Crippen LogP contribution in [0.2, 0.25) is 0 Å². The number of aromatic nitrogens is 2. The summed E-state index contributed by atoms with van der Waals surface area (Å²) in [4.78, 5) is 10.8. The summed E-state index contributed by atoms with van der Waals surface area (Å²) in [5, 5.41) is 3.28. The van der Waals surface area contributed by atoms with E-state index < -0.39 is 0 Å². The average molecular weight is 264 g/mol. The first-order chi connectivity index (χ1) is 9.17. The van der Waals surface area contributed by atoms with Crippen molar-refractivity contribution in [2.24, 2.45) is 5.41 Å². The van der Waals surface area contributed by atoms with Crippen LogP contribution >= 0.6 is 0 Å². The molecule has 2 rings (SSSR count). The topological polar surface area (TPSA) is 50.3 Å². The number of ether oxygens (including phenoxy) is 1. The third-order valence-corrected chi connectivity index (χ3v) is 3.57. The monoisotopic (exact) mass is 264 g/mol. The summed E-state index contributed by atoms with van der Waals surface area (Å²) in [5.41, 5.74) is 0.324. The summed E-state index contributed by atoms with van der Waals surface area (Å²) in [6.07, 6.45) is 3.76. The number of hydrogen-bond acceptors (Lipinski definition) is 5. The van der Waals surface area contributed by atoms with Gasteiger partial charge in [-0.15, -0.1) is 0 Å². The summed E-state index contributed by atoms with van der Waals surface area (Å²) < 4.78 is 5.56. The minimum atomic E-state index is 0.324. The van der Waals surface area contributed by atoms with Crippen molar-refractivity contribution in [2.45, 2.75) is 26.7 Å². The Morgan fingerprint density at radius 3 is 3.05 bits per heavy atom. The number of nitrogens with zero attached hydrogens (tertiary/aromatic N) is 3. The number of anilines is 1. The molecule has 0 saturated carbocycles. The van der Waals surface area contributed by atoms with Gasteiger partial charge in [0, 0.05) is 25.7 Å². The minimum Gasteiger partial charge on any atom is -0.478 e. The van der Waals surface area contributed by atoms with Gasteiger partial charge in [-0.1, -0.05) is 13.8 Å². The van der Waals surface area contributed by atoms with E-state index in [1.165, 1.54) is 6.42 Å². The molecule has 1 fully saturated rings. The maximum Gasteiger partial charge on any atom is 0.218 e. The lowest BCUT2D eigenvalue weighted by Crippen LogP contribution is -2.33. The Morgan fingerprint density at radius 1 is 1.47 bits per heavy atom. The van der Waals surface area contributed by atoms with E-state index in [0.29, 0.717) is 17.9 Å². The van der Waals surface area contributed by atoms with Gasteiger partial charge in [-0.3, -0.25) is 0 Å². The van der Waals surface area contributed by atoms with Gasteiger partial charge in [-0.2, -0.15) is 0 Å². The van der Waals surface area contributed by atoms with E-state index in [1.807, 2.05) is 13.1 Å². The molecule has 1 aliphatic rings. The van der Waals surface area contributed by atoms with Crippen LogP contribution < -0.4 is 15.0 Å². The fraction of sp³-hybridized carbons (Fsp3) is 0.714. The van der Waals surface area contributed by atoms with Crippen LogP contribution in [-0.4, -0.2) is 43.3 Å². The van der Waals surface area contributed by atoms with Crippen molar-refractivity contribution in [3.8, 4) is 5.88 Å². The molecular formula is C14H24N4O. The molecule has 1 aromatic rings. The second-order valence-electron chi connectivity index (χ2n) is 5.58. The van der Waals surface area contributed by atoms with Crippen LogP contribution in [0.4, 0.5) is 5.82 Å². The number of rotatable bonds is 6. The Labute approximate surface area is 115 Å². The first-order valence-corrected chi connectivity index (χ1v) is 7.01. The SMILES string of the molecule is CCCOc1cc(N2CCC(C)(CNC)C2)ncn1. The molecule has 1 saturated heterocycles. The molecule has 1 aliphatic heterocycles. The van der Waals surface area contributed by atoms with Gasteiger partial charge < -0.3 is 15.0 Å². The third-order valence-electron chi connectivity index (χ3n) is 3.57. The molecule has 0 spiro atoms. The van der Waals surface area contributed by atoms with Gasteiger partial charge in [0.2, 0.25) is 5.88 Å². The highest BCUT2D eigenvalue weighted by Gasteiger charge is 2.33. The quantitative estimate of drug-likeness (QED) is 0.847. The molecule has 1 atom stereocenters. The smallest absolute Gasteiger partial charge is 0.218 e. The van der Waals surface area contributed by atoms with E-state index in [0.717, 1.165) is 31.9 Å². The standard InChI is InChI=1S/C14H24N4O/c1-4-7-19-13-8-12(16-11-17-13)18-6-5-14(2,10-18)9-15-3/h8,11,15H,4-7,9-10H2,1-3H3. The molecule has 1 aromatic heterocycles. The summed E-state index contributed by atoms with van der Waals surface area (Å²) >= 11 is 0. The molecule has 0 aromatic carbocycles. The summed E-state index contributed by atoms with van der Waals surface area (Å²) in [6, 6.07) is 1.95.